The van der Waals surface area contributed by atoms with Crippen LogP contribution in [0.1, 0.15) is 19.3 Å². The van der Waals surface area contributed by atoms with E-state index in [-0.39, 0.29) is 5.82 Å². The molecule has 1 aliphatic rings. The van der Waals surface area contributed by atoms with Crippen LogP contribution in [0.3, 0.4) is 0 Å². The van der Waals surface area contributed by atoms with Crippen molar-refractivity contribution in [2.45, 2.75) is 25.8 Å². The third kappa shape index (κ3) is 1.95. The Morgan fingerprint density at radius 2 is 2.12 bits per heavy atom. The largest absolute Gasteiger partial charge is 0.347 e. The van der Waals surface area contributed by atoms with Gasteiger partial charge in [0, 0.05) is 12.7 Å². The zero-order valence-electron chi connectivity index (χ0n) is 9.82. The number of hydrogen-bond acceptors (Lipinski definition) is 1. The summed E-state index contributed by atoms with van der Waals surface area (Å²) in [6.07, 6.45) is 5.63. The van der Waals surface area contributed by atoms with Gasteiger partial charge in [-0.05, 0) is 60.9 Å². The molecule has 0 bridgehead atoms. The fourth-order valence-corrected chi connectivity index (χ4v) is 2.63. The van der Waals surface area contributed by atoms with Crippen LogP contribution >= 0.6 is 0 Å². The number of benzene rings is 1. The van der Waals surface area contributed by atoms with Crippen molar-refractivity contribution in [3.8, 4) is 0 Å². The maximum absolute atomic E-state index is 13.3. The van der Waals surface area contributed by atoms with Gasteiger partial charge in [-0.1, -0.05) is 0 Å². The number of halogens is 1. The zero-order valence-corrected chi connectivity index (χ0v) is 9.82. The van der Waals surface area contributed by atoms with Crippen LogP contribution in [0, 0.1) is 11.2 Å². The average molecular weight is 232 g/mol. The van der Waals surface area contributed by atoms with E-state index in [0.717, 1.165) is 30.4 Å². The fourth-order valence-electron chi connectivity index (χ4n) is 2.63. The lowest BCUT2D eigenvalue weighted by atomic mass is 10.0. The lowest BCUT2D eigenvalue weighted by Gasteiger charge is -2.15. The monoisotopic (exact) mass is 232 g/mol. The van der Waals surface area contributed by atoms with E-state index in [9.17, 15) is 4.39 Å². The predicted molar refractivity (Wildman–Crippen MR) is 67.2 cm³/mol. The first-order valence-electron chi connectivity index (χ1n) is 6.17. The number of hydrogen-bond donors (Lipinski definition) is 1. The summed E-state index contributed by atoms with van der Waals surface area (Å²) in [4.78, 5) is 0. The van der Waals surface area contributed by atoms with Crippen molar-refractivity contribution in [1.29, 1.82) is 0 Å². The first-order valence-corrected chi connectivity index (χ1v) is 6.17. The number of aromatic nitrogens is 1. The van der Waals surface area contributed by atoms with Crippen LogP contribution in [-0.2, 0) is 6.54 Å². The average Bonchev–Trinajstić information content (AvgIpc) is 2.95. The molecule has 0 spiro atoms. The van der Waals surface area contributed by atoms with Crippen molar-refractivity contribution in [1.82, 2.24) is 4.57 Å². The van der Waals surface area contributed by atoms with Gasteiger partial charge in [0.15, 0.2) is 0 Å². The Morgan fingerprint density at radius 3 is 2.82 bits per heavy atom. The molecule has 90 valence electrons. The Bertz CT molecular complexity index is 540. The van der Waals surface area contributed by atoms with Crippen molar-refractivity contribution in [3.63, 3.8) is 0 Å². The summed E-state index contributed by atoms with van der Waals surface area (Å²) >= 11 is 0. The molecular weight excluding hydrogens is 215 g/mol. The van der Waals surface area contributed by atoms with Crippen LogP contribution in [0.25, 0.3) is 10.9 Å². The molecule has 2 nitrogen and oxygen atoms in total. The second-order valence-electron chi connectivity index (χ2n) is 5.19. The highest BCUT2D eigenvalue weighted by molar-refractivity contribution is 5.80. The minimum atomic E-state index is -0.166. The molecule has 2 N–H and O–H groups in total. The van der Waals surface area contributed by atoms with Gasteiger partial charge in [0.2, 0.25) is 0 Å². The molecule has 0 atom stereocenters. The van der Waals surface area contributed by atoms with Gasteiger partial charge in [0.25, 0.3) is 0 Å². The quantitative estimate of drug-likeness (QED) is 0.863. The Hall–Kier alpha value is -1.35. The van der Waals surface area contributed by atoms with E-state index in [4.69, 9.17) is 5.73 Å². The van der Waals surface area contributed by atoms with E-state index in [1.807, 2.05) is 12.1 Å². The molecule has 1 heterocycles. The van der Waals surface area contributed by atoms with Crippen molar-refractivity contribution < 1.29 is 4.39 Å². The molecule has 2 aromatic rings. The van der Waals surface area contributed by atoms with Crippen molar-refractivity contribution in [2.24, 2.45) is 11.1 Å². The van der Waals surface area contributed by atoms with E-state index >= 15 is 0 Å². The first kappa shape index (κ1) is 10.8. The second kappa shape index (κ2) is 3.84. The first-order chi connectivity index (χ1) is 8.22. The van der Waals surface area contributed by atoms with E-state index < -0.39 is 0 Å². The molecule has 0 aliphatic heterocycles. The molecule has 3 heteroatoms. The minimum Gasteiger partial charge on any atom is -0.347 e. The highest BCUT2D eigenvalue weighted by Crippen LogP contribution is 2.50. The minimum absolute atomic E-state index is 0.166. The van der Waals surface area contributed by atoms with E-state index in [0.29, 0.717) is 5.41 Å². The van der Waals surface area contributed by atoms with Crippen LogP contribution in [0.2, 0.25) is 0 Å². The van der Waals surface area contributed by atoms with Gasteiger partial charge in [-0.15, -0.1) is 0 Å². The van der Waals surface area contributed by atoms with Crippen LogP contribution in [0.4, 0.5) is 4.39 Å². The Kier molecular flexibility index (Phi) is 2.44. The third-order valence-electron chi connectivity index (χ3n) is 3.87. The summed E-state index contributed by atoms with van der Waals surface area (Å²) < 4.78 is 15.4. The molecule has 3 rings (SSSR count). The number of rotatable bonds is 4. The van der Waals surface area contributed by atoms with Crippen molar-refractivity contribution >= 4 is 10.9 Å². The van der Waals surface area contributed by atoms with Crippen LogP contribution in [0.5, 0.6) is 0 Å². The van der Waals surface area contributed by atoms with Gasteiger partial charge in [0.1, 0.15) is 5.82 Å². The highest BCUT2D eigenvalue weighted by Gasteiger charge is 2.41. The smallest absolute Gasteiger partial charge is 0.125 e. The molecule has 17 heavy (non-hydrogen) atoms. The summed E-state index contributed by atoms with van der Waals surface area (Å²) in [5.74, 6) is -0.166. The third-order valence-corrected chi connectivity index (χ3v) is 3.87. The maximum Gasteiger partial charge on any atom is 0.125 e. The number of fused-ring (bicyclic) bond motifs is 1. The molecule has 1 aromatic heterocycles. The Morgan fingerprint density at radius 1 is 1.29 bits per heavy atom. The molecule has 0 radical (unpaired) electrons. The van der Waals surface area contributed by atoms with Gasteiger partial charge in [-0.25, -0.2) is 4.39 Å². The molecule has 1 saturated carbocycles. The van der Waals surface area contributed by atoms with E-state index in [1.165, 1.54) is 18.9 Å². The predicted octanol–water partition coefficient (Wildman–Crippen LogP) is 2.91. The summed E-state index contributed by atoms with van der Waals surface area (Å²) in [7, 11) is 0. The second-order valence-corrected chi connectivity index (χ2v) is 5.19. The van der Waals surface area contributed by atoms with Crippen molar-refractivity contribution in [3.05, 3.63) is 36.3 Å². The highest BCUT2D eigenvalue weighted by atomic mass is 19.1. The van der Waals surface area contributed by atoms with Crippen LogP contribution in [-0.4, -0.2) is 11.1 Å². The molecule has 0 unspecified atom stereocenters. The van der Waals surface area contributed by atoms with Gasteiger partial charge >= 0.3 is 0 Å². The lowest BCUT2D eigenvalue weighted by molar-refractivity contribution is 0.404. The number of nitrogens with two attached hydrogens (primary N) is 1. The standard InChI is InChI=1S/C14H17FN2/c15-12-2-1-11-3-8-17(13(11)9-12)10-14(4-5-14)6-7-16/h1-3,8-9H,4-7,10,16H2. The molecule has 0 amide bonds. The van der Waals surface area contributed by atoms with E-state index in [2.05, 4.69) is 10.8 Å². The summed E-state index contributed by atoms with van der Waals surface area (Å²) in [5, 5.41) is 1.11. The Balaban J connectivity index is 1.93. The molecule has 1 aromatic carbocycles. The van der Waals surface area contributed by atoms with Crippen LogP contribution < -0.4 is 5.73 Å². The SMILES string of the molecule is NCCC1(Cn2ccc3ccc(F)cc32)CC1. The Labute approximate surface area is 100 Å². The molecule has 0 saturated heterocycles. The van der Waals surface area contributed by atoms with Gasteiger partial charge in [-0.2, -0.15) is 0 Å². The van der Waals surface area contributed by atoms with E-state index in [1.54, 1.807) is 6.07 Å². The lowest BCUT2D eigenvalue weighted by Crippen LogP contribution is -2.15. The maximum atomic E-state index is 13.3. The molecule has 1 aliphatic carbocycles. The molecular formula is C14H17FN2. The molecule has 1 fully saturated rings. The summed E-state index contributed by atoms with van der Waals surface area (Å²) in [6, 6.07) is 7.02. The summed E-state index contributed by atoms with van der Waals surface area (Å²) in [6.45, 7) is 1.71. The summed E-state index contributed by atoms with van der Waals surface area (Å²) in [5.41, 5.74) is 7.03. The van der Waals surface area contributed by atoms with Gasteiger partial charge in [0.05, 0.1) is 5.52 Å². The fraction of sp³-hybridized carbons (Fsp3) is 0.429. The normalized spacial score (nSPS) is 17.5. The van der Waals surface area contributed by atoms with Crippen LogP contribution in [0.15, 0.2) is 30.5 Å². The van der Waals surface area contributed by atoms with Crippen molar-refractivity contribution in [2.75, 3.05) is 6.54 Å². The topological polar surface area (TPSA) is 30.9 Å². The van der Waals surface area contributed by atoms with Gasteiger partial charge in [-0.3, -0.25) is 0 Å². The zero-order chi connectivity index (χ0) is 11.9. The van der Waals surface area contributed by atoms with Gasteiger partial charge < -0.3 is 10.3 Å². The number of nitrogens with zero attached hydrogens (tertiary/aromatic N) is 1.